The van der Waals surface area contributed by atoms with Crippen molar-refractivity contribution >= 4 is 29.3 Å². The van der Waals surface area contributed by atoms with Crippen molar-refractivity contribution in [1.29, 1.82) is 0 Å². The molecule has 0 unspecified atom stereocenters. The Hall–Kier alpha value is -2.13. The monoisotopic (exact) mass is 318 g/mol. The number of nitrogens with zero attached hydrogens (tertiary/aromatic N) is 1. The molecule has 0 saturated heterocycles. The Balaban J connectivity index is 2.53. The number of hydrogen-bond acceptors (Lipinski definition) is 3. The molecule has 1 rings (SSSR count). The second kappa shape index (κ2) is 10.6. The molecule has 22 heavy (non-hydrogen) atoms. The lowest BCUT2D eigenvalue weighted by Gasteiger charge is -2.10. The topological polar surface area (TPSA) is 65.5 Å². The van der Waals surface area contributed by atoms with E-state index >= 15 is 0 Å². The normalized spacial score (nSPS) is 10.7. The number of aliphatic imine (C=N–C) groups is 1. The first-order chi connectivity index (χ1) is 10.7. The summed E-state index contributed by atoms with van der Waals surface area (Å²) in [4.78, 5) is 16.2. The van der Waals surface area contributed by atoms with Crippen LogP contribution in [0.5, 0.6) is 0 Å². The smallest absolute Gasteiger partial charge is 0.246 e. The van der Waals surface area contributed by atoms with Crippen molar-refractivity contribution < 1.29 is 4.79 Å². The van der Waals surface area contributed by atoms with Gasteiger partial charge in [-0.05, 0) is 31.4 Å². The summed E-state index contributed by atoms with van der Waals surface area (Å²) in [6, 6.07) is 7.17. The minimum absolute atomic E-state index is 0.0505. The Kier molecular flexibility index (Phi) is 8.61. The second-order valence-electron chi connectivity index (χ2n) is 4.39. The van der Waals surface area contributed by atoms with Gasteiger partial charge < -0.3 is 16.0 Å². The molecule has 0 fully saturated rings. The van der Waals surface area contributed by atoms with E-state index in [-0.39, 0.29) is 12.5 Å². The van der Waals surface area contributed by atoms with Crippen molar-refractivity contribution in [2.75, 3.05) is 37.0 Å². The van der Waals surface area contributed by atoms with Crippen LogP contribution in [0.4, 0.5) is 5.69 Å². The van der Waals surface area contributed by atoms with Gasteiger partial charge in [0.1, 0.15) is 6.54 Å². The SMILES string of the molecule is C#Cc1cccc(NC(=O)CN=C(NCC)NCCSC)c1. The summed E-state index contributed by atoms with van der Waals surface area (Å²) in [7, 11) is 0. The highest BCUT2D eigenvalue weighted by Crippen LogP contribution is 2.09. The molecule has 0 radical (unpaired) electrons. The molecular weight excluding hydrogens is 296 g/mol. The third-order valence-electron chi connectivity index (χ3n) is 2.64. The summed E-state index contributed by atoms with van der Waals surface area (Å²) >= 11 is 1.75. The fourth-order valence-electron chi connectivity index (χ4n) is 1.65. The number of carbonyl (C=O) groups excluding carboxylic acids is 1. The molecule has 3 N–H and O–H groups in total. The molecule has 0 saturated carbocycles. The molecular formula is C16H22N4OS. The Bertz CT molecular complexity index is 551. The van der Waals surface area contributed by atoms with Crippen molar-refractivity contribution in [2.24, 2.45) is 4.99 Å². The molecule has 0 aliphatic rings. The Morgan fingerprint density at radius 1 is 1.41 bits per heavy atom. The maximum absolute atomic E-state index is 11.9. The van der Waals surface area contributed by atoms with E-state index in [0.29, 0.717) is 11.6 Å². The van der Waals surface area contributed by atoms with Crippen molar-refractivity contribution in [3.8, 4) is 12.3 Å². The number of carbonyl (C=O) groups is 1. The highest BCUT2D eigenvalue weighted by Gasteiger charge is 2.03. The van der Waals surface area contributed by atoms with Gasteiger partial charge in [0.2, 0.25) is 5.91 Å². The largest absolute Gasteiger partial charge is 0.357 e. The number of thioether (sulfide) groups is 1. The zero-order valence-electron chi connectivity index (χ0n) is 13.0. The number of guanidine groups is 1. The van der Waals surface area contributed by atoms with Crippen LogP contribution in [-0.4, -0.2) is 43.5 Å². The van der Waals surface area contributed by atoms with Gasteiger partial charge in [0.05, 0.1) is 0 Å². The van der Waals surface area contributed by atoms with Crippen molar-refractivity contribution in [1.82, 2.24) is 10.6 Å². The maximum Gasteiger partial charge on any atom is 0.246 e. The molecule has 5 nitrogen and oxygen atoms in total. The molecule has 0 aliphatic carbocycles. The van der Waals surface area contributed by atoms with Gasteiger partial charge in [-0.25, -0.2) is 4.99 Å². The average Bonchev–Trinajstić information content (AvgIpc) is 2.53. The predicted molar refractivity (Wildman–Crippen MR) is 95.4 cm³/mol. The molecule has 1 aromatic rings. The molecule has 0 aromatic heterocycles. The summed E-state index contributed by atoms with van der Waals surface area (Å²) in [5, 5.41) is 9.05. The van der Waals surface area contributed by atoms with Gasteiger partial charge in [0.15, 0.2) is 5.96 Å². The summed E-state index contributed by atoms with van der Waals surface area (Å²) in [5.74, 6) is 3.98. The number of anilines is 1. The van der Waals surface area contributed by atoms with Gasteiger partial charge in [0, 0.05) is 30.1 Å². The molecule has 0 bridgehead atoms. The van der Waals surface area contributed by atoms with E-state index in [1.165, 1.54) is 0 Å². The molecule has 0 heterocycles. The maximum atomic E-state index is 11.9. The highest BCUT2D eigenvalue weighted by atomic mass is 32.2. The molecule has 6 heteroatoms. The number of terminal acetylenes is 1. The Morgan fingerprint density at radius 2 is 2.23 bits per heavy atom. The van der Waals surface area contributed by atoms with E-state index < -0.39 is 0 Å². The molecule has 118 valence electrons. The average molecular weight is 318 g/mol. The van der Waals surface area contributed by atoms with Crippen LogP contribution in [-0.2, 0) is 4.79 Å². The van der Waals surface area contributed by atoms with Crippen molar-refractivity contribution in [2.45, 2.75) is 6.92 Å². The predicted octanol–water partition coefficient (Wildman–Crippen LogP) is 1.52. The third kappa shape index (κ3) is 7.04. The molecule has 1 aromatic carbocycles. The quantitative estimate of drug-likeness (QED) is 0.309. The van der Waals surface area contributed by atoms with Gasteiger partial charge >= 0.3 is 0 Å². The summed E-state index contributed by atoms with van der Waals surface area (Å²) < 4.78 is 0. The van der Waals surface area contributed by atoms with Crippen LogP contribution in [0.1, 0.15) is 12.5 Å². The van der Waals surface area contributed by atoms with E-state index in [0.717, 1.165) is 24.4 Å². The summed E-state index contributed by atoms with van der Waals surface area (Å²) in [5.41, 5.74) is 1.41. The van der Waals surface area contributed by atoms with Crippen molar-refractivity contribution in [3.63, 3.8) is 0 Å². The zero-order chi connectivity index (χ0) is 16.2. The van der Waals surface area contributed by atoms with Crippen LogP contribution in [0.3, 0.4) is 0 Å². The van der Waals surface area contributed by atoms with E-state index in [9.17, 15) is 4.79 Å². The van der Waals surface area contributed by atoms with Gasteiger partial charge in [-0.2, -0.15) is 11.8 Å². The molecule has 0 aliphatic heterocycles. The minimum atomic E-state index is -0.184. The van der Waals surface area contributed by atoms with Crippen LogP contribution in [0, 0.1) is 12.3 Å². The number of nitrogens with one attached hydrogen (secondary N) is 3. The standard InChI is InChI=1S/C16H22N4OS/c1-4-13-7-6-8-14(11-13)20-15(21)12-19-16(17-5-2)18-9-10-22-3/h1,6-8,11H,5,9-10,12H2,2-3H3,(H,20,21)(H2,17,18,19). The van der Waals surface area contributed by atoms with Crippen LogP contribution >= 0.6 is 11.8 Å². The molecule has 0 atom stereocenters. The van der Waals surface area contributed by atoms with E-state index in [4.69, 9.17) is 6.42 Å². The van der Waals surface area contributed by atoms with Gasteiger partial charge in [-0.15, -0.1) is 6.42 Å². The van der Waals surface area contributed by atoms with Crippen LogP contribution in [0.2, 0.25) is 0 Å². The van der Waals surface area contributed by atoms with E-state index in [1.807, 2.05) is 25.3 Å². The minimum Gasteiger partial charge on any atom is -0.357 e. The molecule has 1 amide bonds. The number of rotatable bonds is 7. The summed E-state index contributed by atoms with van der Waals surface area (Å²) in [6.07, 6.45) is 7.38. The van der Waals surface area contributed by atoms with Crippen LogP contribution in [0.25, 0.3) is 0 Å². The number of benzene rings is 1. The Labute approximate surface area is 136 Å². The fourth-order valence-corrected chi connectivity index (χ4v) is 1.96. The van der Waals surface area contributed by atoms with Gasteiger partial charge in [-0.1, -0.05) is 12.0 Å². The Morgan fingerprint density at radius 3 is 2.91 bits per heavy atom. The molecule has 0 spiro atoms. The highest BCUT2D eigenvalue weighted by molar-refractivity contribution is 7.98. The lowest BCUT2D eigenvalue weighted by atomic mass is 10.2. The first-order valence-electron chi connectivity index (χ1n) is 7.07. The number of hydrogen-bond donors (Lipinski definition) is 3. The first kappa shape index (κ1) is 17.9. The fraction of sp³-hybridized carbons (Fsp3) is 0.375. The van der Waals surface area contributed by atoms with E-state index in [2.05, 4.69) is 26.9 Å². The first-order valence-corrected chi connectivity index (χ1v) is 8.46. The van der Waals surface area contributed by atoms with E-state index in [1.54, 1.807) is 23.9 Å². The lowest BCUT2D eigenvalue weighted by molar-refractivity contribution is -0.114. The van der Waals surface area contributed by atoms with Crippen LogP contribution < -0.4 is 16.0 Å². The third-order valence-corrected chi connectivity index (χ3v) is 3.25. The second-order valence-corrected chi connectivity index (χ2v) is 5.37. The lowest BCUT2D eigenvalue weighted by Crippen LogP contribution is -2.39. The van der Waals surface area contributed by atoms with Crippen molar-refractivity contribution in [3.05, 3.63) is 29.8 Å². The number of amides is 1. The van der Waals surface area contributed by atoms with Gasteiger partial charge in [-0.3, -0.25) is 4.79 Å². The van der Waals surface area contributed by atoms with Gasteiger partial charge in [0.25, 0.3) is 0 Å². The van der Waals surface area contributed by atoms with Crippen LogP contribution in [0.15, 0.2) is 29.3 Å². The summed E-state index contributed by atoms with van der Waals surface area (Å²) in [6.45, 7) is 3.59. The zero-order valence-corrected chi connectivity index (χ0v) is 13.8.